The minimum absolute atomic E-state index is 0.145. The highest BCUT2D eigenvalue weighted by Gasteiger charge is 2.21. The highest BCUT2D eigenvalue weighted by molar-refractivity contribution is 5.55. The first-order chi connectivity index (χ1) is 16.9. The summed E-state index contributed by atoms with van der Waals surface area (Å²) in [5, 5.41) is 0. The van der Waals surface area contributed by atoms with Gasteiger partial charge in [-0.2, -0.15) is 0 Å². The Morgan fingerprint density at radius 1 is 0.914 bits per heavy atom. The van der Waals surface area contributed by atoms with E-state index in [2.05, 4.69) is 37.5 Å². The molecule has 0 amide bonds. The zero-order chi connectivity index (χ0) is 26.2. The molecule has 0 unspecified atom stereocenters. The third-order valence-electron chi connectivity index (χ3n) is 6.79. The van der Waals surface area contributed by atoms with Crippen LogP contribution in [0.25, 0.3) is 0 Å². The Balaban J connectivity index is 0.00000114. The average molecular weight is 491 g/mol. The van der Waals surface area contributed by atoms with Crippen molar-refractivity contribution in [2.75, 3.05) is 38.1 Å². The molecule has 0 N–H and O–H groups in total. The van der Waals surface area contributed by atoms with Gasteiger partial charge in [-0.05, 0) is 89.4 Å². The van der Waals surface area contributed by atoms with E-state index >= 15 is 0 Å². The van der Waals surface area contributed by atoms with E-state index in [9.17, 15) is 4.39 Å². The molecule has 1 saturated carbocycles. The predicted octanol–water partition coefficient (Wildman–Crippen LogP) is 8.94. The van der Waals surface area contributed by atoms with Gasteiger partial charge in [-0.1, -0.05) is 59.1 Å². The highest BCUT2D eigenvalue weighted by atomic mass is 19.1. The maximum atomic E-state index is 14.9. The van der Waals surface area contributed by atoms with E-state index in [4.69, 9.17) is 4.74 Å². The van der Waals surface area contributed by atoms with Crippen LogP contribution in [0.2, 0.25) is 0 Å². The predicted molar refractivity (Wildman–Crippen MR) is 153 cm³/mol. The Morgan fingerprint density at radius 3 is 2.03 bits per heavy atom. The van der Waals surface area contributed by atoms with Crippen LogP contribution in [0.5, 0.6) is 5.75 Å². The molecule has 4 heteroatoms. The fourth-order valence-corrected chi connectivity index (χ4v) is 4.97. The largest absolute Gasteiger partial charge is 0.490 e. The van der Waals surface area contributed by atoms with Crippen molar-refractivity contribution < 1.29 is 9.13 Å². The Kier molecular flexibility index (Phi) is 16.0. The molecule has 0 heterocycles. The summed E-state index contributed by atoms with van der Waals surface area (Å²) in [6.45, 7) is 18.8. The lowest BCUT2D eigenvalue weighted by atomic mass is 9.90. The topological polar surface area (TPSA) is 15.7 Å². The van der Waals surface area contributed by atoms with Gasteiger partial charge in [0, 0.05) is 26.2 Å². The van der Waals surface area contributed by atoms with Crippen molar-refractivity contribution in [1.82, 2.24) is 4.90 Å². The van der Waals surface area contributed by atoms with E-state index in [-0.39, 0.29) is 5.82 Å². The zero-order valence-corrected chi connectivity index (χ0v) is 24.3. The van der Waals surface area contributed by atoms with E-state index in [1.54, 1.807) is 11.6 Å². The van der Waals surface area contributed by atoms with Gasteiger partial charge in [0.2, 0.25) is 0 Å². The third-order valence-corrected chi connectivity index (χ3v) is 6.79. The van der Waals surface area contributed by atoms with E-state index in [0.29, 0.717) is 11.8 Å². The van der Waals surface area contributed by atoms with Crippen LogP contribution in [-0.4, -0.2) is 44.2 Å². The second kappa shape index (κ2) is 17.8. The Labute approximate surface area is 217 Å². The Hall–Kier alpha value is -1.55. The minimum Gasteiger partial charge on any atom is -0.490 e. The molecule has 1 aromatic carbocycles. The van der Waals surface area contributed by atoms with Crippen molar-refractivity contribution >= 4 is 5.69 Å². The van der Waals surface area contributed by atoms with Gasteiger partial charge in [0.1, 0.15) is 11.6 Å². The van der Waals surface area contributed by atoms with Gasteiger partial charge in [-0.15, -0.1) is 0 Å². The number of likely N-dealkylation sites (N-methyl/N-ethyl adjacent to an activating group) is 2. The summed E-state index contributed by atoms with van der Waals surface area (Å²) in [5.74, 6) is 0.705. The molecule has 202 valence electrons. The molecular formula is C31H55FN2O. The first-order valence-electron chi connectivity index (χ1n) is 14.5. The van der Waals surface area contributed by atoms with Crippen molar-refractivity contribution in [2.45, 2.75) is 119 Å². The molecule has 0 bridgehead atoms. The van der Waals surface area contributed by atoms with Gasteiger partial charge in [-0.3, -0.25) is 4.90 Å². The van der Waals surface area contributed by atoms with Crippen molar-refractivity contribution in [3.05, 3.63) is 34.7 Å². The number of hydrogen-bond acceptors (Lipinski definition) is 3. The van der Waals surface area contributed by atoms with E-state index in [1.165, 1.54) is 50.5 Å². The number of nitrogens with zero attached hydrogens (tertiary/aromatic N) is 2. The number of benzene rings is 1. The van der Waals surface area contributed by atoms with Gasteiger partial charge in [0.25, 0.3) is 0 Å². The number of hydrogen-bond donors (Lipinski definition) is 0. The molecule has 2 aliphatic carbocycles. The zero-order valence-electron chi connectivity index (χ0n) is 24.3. The molecule has 0 atom stereocenters. The monoisotopic (exact) mass is 490 g/mol. The quantitative estimate of drug-likeness (QED) is 0.304. The molecule has 35 heavy (non-hydrogen) atoms. The van der Waals surface area contributed by atoms with Gasteiger partial charge in [0.05, 0.1) is 11.8 Å². The Morgan fingerprint density at radius 2 is 1.49 bits per heavy atom. The minimum atomic E-state index is -0.145. The fourth-order valence-electron chi connectivity index (χ4n) is 4.97. The summed E-state index contributed by atoms with van der Waals surface area (Å²) in [5.41, 5.74) is 4.65. The summed E-state index contributed by atoms with van der Waals surface area (Å²) >= 11 is 0. The standard InChI is InChI=1S/C26H41FN2O.C3H8.C2H6/c1-5-15-29(6-2)19-22-12-8-7-11-21(22)18-28(4)25-17-26(20(3)16-24(25)27)30-23-13-9-10-14-23;1-3-2;1-2/h16-17,23H,5-15,18-19H2,1-4H3;3H2,1-2H3;1-2H3. The van der Waals surface area contributed by atoms with Crippen molar-refractivity contribution in [3.63, 3.8) is 0 Å². The van der Waals surface area contributed by atoms with Crippen LogP contribution in [0.15, 0.2) is 23.3 Å². The molecule has 1 aromatic rings. The van der Waals surface area contributed by atoms with Crippen LogP contribution >= 0.6 is 0 Å². The summed E-state index contributed by atoms with van der Waals surface area (Å²) in [6, 6.07) is 3.58. The molecule has 0 aromatic heterocycles. The normalized spacial score (nSPS) is 15.9. The van der Waals surface area contributed by atoms with Crippen LogP contribution < -0.4 is 9.64 Å². The number of halogens is 1. The van der Waals surface area contributed by atoms with Crippen LogP contribution in [0.3, 0.4) is 0 Å². The van der Waals surface area contributed by atoms with Crippen molar-refractivity contribution in [2.24, 2.45) is 0 Å². The first kappa shape index (κ1) is 31.5. The number of ether oxygens (including phenoxy) is 1. The lowest BCUT2D eigenvalue weighted by molar-refractivity contribution is 0.208. The molecular weight excluding hydrogens is 435 g/mol. The lowest BCUT2D eigenvalue weighted by Crippen LogP contribution is -2.30. The van der Waals surface area contributed by atoms with Crippen molar-refractivity contribution in [3.8, 4) is 5.75 Å². The second-order valence-corrected chi connectivity index (χ2v) is 9.94. The van der Waals surface area contributed by atoms with E-state index in [1.807, 2.05) is 33.9 Å². The number of aryl methyl sites for hydroxylation is 1. The molecule has 3 nitrogen and oxygen atoms in total. The van der Waals surface area contributed by atoms with E-state index in [0.717, 1.165) is 56.8 Å². The molecule has 0 spiro atoms. The summed E-state index contributed by atoms with van der Waals surface area (Å²) in [7, 11) is 2.02. The third kappa shape index (κ3) is 10.5. The lowest BCUT2D eigenvalue weighted by Gasteiger charge is -2.30. The number of rotatable bonds is 10. The molecule has 2 aliphatic rings. The summed E-state index contributed by atoms with van der Waals surface area (Å²) in [6.07, 6.45) is 12.3. The fraction of sp³-hybridized carbons (Fsp3) is 0.742. The van der Waals surface area contributed by atoms with Gasteiger partial charge in [-0.25, -0.2) is 4.39 Å². The number of anilines is 1. The molecule has 3 rings (SSSR count). The highest BCUT2D eigenvalue weighted by Crippen LogP contribution is 2.33. The van der Waals surface area contributed by atoms with E-state index < -0.39 is 0 Å². The summed E-state index contributed by atoms with van der Waals surface area (Å²) < 4.78 is 21.1. The maximum absolute atomic E-state index is 14.9. The second-order valence-electron chi connectivity index (χ2n) is 9.94. The molecule has 0 aliphatic heterocycles. The molecule has 0 radical (unpaired) electrons. The van der Waals surface area contributed by atoms with Gasteiger partial charge >= 0.3 is 0 Å². The smallest absolute Gasteiger partial charge is 0.147 e. The van der Waals surface area contributed by atoms with Gasteiger partial charge in [0.15, 0.2) is 0 Å². The van der Waals surface area contributed by atoms with Crippen molar-refractivity contribution in [1.29, 1.82) is 0 Å². The van der Waals surface area contributed by atoms with Crippen LogP contribution in [0.4, 0.5) is 10.1 Å². The summed E-state index contributed by atoms with van der Waals surface area (Å²) in [4.78, 5) is 4.63. The van der Waals surface area contributed by atoms with Gasteiger partial charge < -0.3 is 9.64 Å². The first-order valence-corrected chi connectivity index (χ1v) is 14.5. The van der Waals surface area contributed by atoms with Crippen LogP contribution in [0, 0.1) is 12.7 Å². The SMILES string of the molecule is CC.CCC.CCCN(CC)CC1=C(CN(C)c2cc(OC3CCCC3)c(C)cc2F)CCCC1. The molecule has 0 saturated heterocycles. The maximum Gasteiger partial charge on any atom is 0.147 e. The van der Waals surface area contributed by atoms with Crippen LogP contribution in [-0.2, 0) is 0 Å². The van der Waals surface area contributed by atoms with Crippen LogP contribution in [0.1, 0.15) is 111 Å². The molecule has 1 fully saturated rings. The Bertz CT molecular complexity index is 740. The average Bonchev–Trinajstić information content (AvgIpc) is 3.36.